The van der Waals surface area contributed by atoms with Crippen LogP contribution >= 0.6 is 0 Å². The zero-order valence-electron chi connectivity index (χ0n) is 17.2. The molecule has 0 atom stereocenters. The minimum atomic E-state index is -0.0752. The number of rotatable bonds is 4. The molecular weight excluding hydrogens is 382 g/mol. The van der Waals surface area contributed by atoms with Crippen LogP contribution in [0.25, 0.3) is 11.5 Å². The Morgan fingerprint density at radius 3 is 2.50 bits per heavy atom. The van der Waals surface area contributed by atoms with Crippen molar-refractivity contribution in [3.63, 3.8) is 0 Å². The van der Waals surface area contributed by atoms with Crippen LogP contribution in [0.2, 0.25) is 0 Å². The van der Waals surface area contributed by atoms with Gasteiger partial charge in [-0.25, -0.2) is 4.98 Å². The fraction of sp³-hybridized carbons (Fsp3) is 0.318. The Morgan fingerprint density at radius 1 is 1.10 bits per heavy atom. The second kappa shape index (κ2) is 8.86. The smallest absolute Gasteiger partial charge is 0.289 e. The lowest BCUT2D eigenvalue weighted by molar-refractivity contribution is 0.0657. The number of piperazine rings is 1. The van der Waals surface area contributed by atoms with Gasteiger partial charge in [0, 0.05) is 38.8 Å². The van der Waals surface area contributed by atoms with E-state index in [1.54, 1.807) is 30.3 Å². The summed E-state index contributed by atoms with van der Waals surface area (Å²) >= 11 is 0. The molecule has 0 saturated carbocycles. The van der Waals surface area contributed by atoms with Gasteiger partial charge in [-0.2, -0.15) is 0 Å². The molecule has 3 aromatic rings. The van der Waals surface area contributed by atoms with Crippen molar-refractivity contribution < 1.29 is 13.6 Å². The van der Waals surface area contributed by atoms with Gasteiger partial charge < -0.3 is 24.0 Å². The molecule has 156 valence electrons. The molecule has 1 fully saturated rings. The topological polar surface area (TPSA) is 87.1 Å². The maximum atomic E-state index is 12.4. The first kappa shape index (κ1) is 19.8. The summed E-state index contributed by atoms with van der Waals surface area (Å²) in [6, 6.07) is 11.5. The number of aliphatic imine (C=N–C) groups is 1. The summed E-state index contributed by atoms with van der Waals surface area (Å²) < 4.78 is 10.8. The Morgan fingerprint density at radius 2 is 1.83 bits per heavy atom. The fourth-order valence-electron chi connectivity index (χ4n) is 3.40. The number of carbonyl (C=O) groups excluding carboxylic acids is 1. The number of amides is 1. The number of nitrogens with one attached hydrogen (secondary N) is 1. The summed E-state index contributed by atoms with van der Waals surface area (Å²) in [7, 11) is 1.75. The third-order valence-corrected chi connectivity index (χ3v) is 5.09. The molecule has 1 saturated heterocycles. The van der Waals surface area contributed by atoms with Gasteiger partial charge in [0.25, 0.3) is 5.91 Å². The molecule has 4 rings (SSSR count). The molecule has 3 heterocycles. The number of furan rings is 1. The molecule has 2 aromatic heterocycles. The first-order chi connectivity index (χ1) is 14.6. The lowest BCUT2D eigenvalue weighted by Crippen LogP contribution is -2.53. The van der Waals surface area contributed by atoms with E-state index in [2.05, 4.69) is 20.2 Å². The monoisotopic (exact) mass is 407 g/mol. The van der Waals surface area contributed by atoms with Crippen molar-refractivity contribution in [2.24, 2.45) is 4.99 Å². The highest BCUT2D eigenvalue weighted by atomic mass is 16.3. The molecular formula is C22H25N5O3. The largest absolute Gasteiger partial charge is 0.459 e. The van der Waals surface area contributed by atoms with E-state index < -0.39 is 0 Å². The van der Waals surface area contributed by atoms with Gasteiger partial charge in [0.15, 0.2) is 11.7 Å². The van der Waals surface area contributed by atoms with Crippen LogP contribution in [-0.4, -0.2) is 59.9 Å². The van der Waals surface area contributed by atoms with E-state index in [0.29, 0.717) is 44.4 Å². The van der Waals surface area contributed by atoms with Crippen LogP contribution in [0.3, 0.4) is 0 Å². The highest BCUT2D eigenvalue weighted by molar-refractivity contribution is 5.91. The van der Waals surface area contributed by atoms with Gasteiger partial charge in [-0.3, -0.25) is 9.79 Å². The third-order valence-electron chi connectivity index (χ3n) is 5.09. The fourth-order valence-corrected chi connectivity index (χ4v) is 3.40. The predicted molar refractivity (Wildman–Crippen MR) is 113 cm³/mol. The van der Waals surface area contributed by atoms with Gasteiger partial charge in [-0.05, 0) is 31.2 Å². The lowest BCUT2D eigenvalue weighted by atomic mass is 10.1. The number of nitrogens with zero attached hydrogens (tertiary/aromatic N) is 4. The molecule has 0 bridgehead atoms. The number of benzene rings is 1. The second-order valence-corrected chi connectivity index (χ2v) is 7.17. The van der Waals surface area contributed by atoms with Gasteiger partial charge in [-0.15, -0.1) is 0 Å². The van der Waals surface area contributed by atoms with Crippen molar-refractivity contribution in [1.82, 2.24) is 20.1 Å². The number of hydrogen-bond donors (Lipinski definition) is 1. The van der Waals surface area contributed by atoms with E-state index in [1.165, 1.54) is 11.8 Å². The first-order valence-electron chi connectivity index (χ1n) is 9.94. The molecule has 0 spiro atoms. The summed E-state index contributed by atoms with van der Waals surface area (Å²) in [6.45, 7) is 5.17. The van der Waals surface area contributed by atoms with Crippen molar-refractivity contribution in [3.8, 4) is 11.5 Å². The van der Waals surface area contributed by atoms with E-state index >= 15 is 0 Å². The Balaban J connectivity index is 1.30. The Bertz CT molecular complexity index is 1000. The van der Waals surface area contributed by atoms with Crippen molar-refractivity contribution in [2.75, 3.05) is 33.2 Å². The first-order valence-corrected chi connectivity index (χ1v) is 9.94. The number of oxazole rings is 1. The average Bonchev–Trinajstić information content (AvgIpc) is 3.47. The molecule has 8 heteroatoms. The van der Waals surface area contributed by atoms with Crippen molar-refractivity contribution in [2.45, 2.75) is 13.5 Å². The average molecular weight is 407 g/mol. The van der Waals surface area contributed by atoms with Gasteiger partial charge >= 0.3 is 0 Å². The van der Waals surface area contributed by atoms with Gasteiger partial charge in [0.1, 0.15) is 6.26 Å². The lowest BCUT2D eigenvalue weighted by Gasteiger charge is -2.36. The molecule has 8 nitrogen and oxygen atoms in total. The molecule has 1 N–H and O–H groups in total. The number of aryl methyl sites for hydroxylation is 1. The van der Waals surface area contributed by atoms with E-state index in [-0.39, 0.29) is 5.91 Å². The minimum Gasteiger partial charge on any atom is -0.459 e. The zero-order chi connectivity index (χ0) is 20.9. The van der Waals surface area contributed by atoms with E-state index in [0.717, 1.165) is 17.2 Å². The Hall–Kier alpha value is -3.55. The maximum Gasteiger partial charge on any atom is 0.289 e. The van der Waals surface area contributed by atoms with Crippen LogP contribution in [0, 0.1) is 6.92 Å². The van der Waals surface area contributed by atoms with Gasteiger partial charge in [-0.1, -0.05) is 17.7 Å². The Kier molecular flexibility index (Phi) is 5.83. The van der Waals surface area contributed by atoms with Crippen LogP contribution in [-0.2, 0) is 6.54 Å². The molecule has 0 radical (unpaired) electrons. The van der Waals surface area contributed by atoms with Crippen LogP contribution < -0.4 is 5.32 Å². The standard InChI is InChI=1S/C22H25N5O3/c1-16-5-7-17(8-6-16)20-25-18(15-30-20)14-24-22(23-2)27-11-9-26(10-12-27)21(28)19-4-3-13-29-19/h3-8,13,15H,9-12,14H2,1-2H3,(H,23,24). The second-order valence-electron chi connectivity index (χ2n) is 7.17. The molecule has 30 heavy (non-hydrogen) atoms. The maximum absolute atomic E-state index is 12.4. The van der Waals surface area contributed by atoms with Crippen molar-refractivity contribution in [3.05, 3.63) is 65.9 Å². The number of aromatic nitrogens is 1. The number of carbonyl (C=O) groups is 1. The quantitative estimate of drug-likeness (QED) is 0.529. The van der Waals surface area contributed by atoms with Crippen LogP contribution in [0.15, 0.2) is 62.8 Å². The normalized spacial score (nSPS) is 14.8. The van der Waals surface area contributed by atoms with E-state index in [1.807, 2.05) is 31.2 Å². The summed E-state index contributed by atoms with van der Waals surface area (Å²) in [5.41, 5.74) is 2.95. The summed E-state index contributed by atoms with van der Waals surface area (Å²) in [5.74, 6) is 1.68. The highest BCUT2D eigenvalue weighted by Gasteiger charge is 2.25. The van der Waals surface area contributed by atoms with Crippen molar-refractivity contribution in [1.29, 1.82) is 0 Å². The molecule has 1 aromatic carbocycles. The third kappa shape index (κ3) is 4.37. The number of guanidine groups is 1. The molecule has 0 aliphatic carbocycles. The molecule has 0 unspecified atom stereocenters. The molecule has 1 aliphatic rings. The van der Waals surface area contributed by atoms with Gasteiger partial charge in [0.2, 0.25) is 5.89 Å². The summed E-state index contributed by atoms with van der Waals surface area (Å²) in [5, 5.41) is 3.33. The van der Waals surface area contributed by atoms with Crippen molar-refractivity contribution >= 4 is 11.9 Å². The SMILES string of the molecule is CN=C(NCc1coc(-c2ccc(C)cc2)n1)N1CCN(C(=O)c2ccco2)CC1. The van der Waals surface area contributed by atoms with Crippen LogP contribution in [0.1, 0.15) is 21.8 Å². The van der Waals surface area contributed by atoms with Crippen LogP contribution in [0.4, 0.5) is 0 Å². The molecule has 1 aliphatic heterocycles. The predicted octanol–water partition coefficient (Wildman–Crippen LogP) is 2.78. The summed E-state index contributed by atoms with van der Waals surface area (Å²) in [4.78, 5) is 25.3. The summed E-state index contributed by atoms with van der Waals surface area (Å²) in [6.07, 6.45) is 3.18. The Labute approximate surface area is 175 Å². The van der Waals surface area contributed by atoms with E-state index in [9.17, 15) is 4.79 Å². The minimum absolute atomic E-state index is 0.0752. The molecule has 1 amide bonds. The van der Waals surface area contributed by atoms with Gasteiger partial charge in [0.05, 0.1) is 18.5 Å². The highest BCUT2D eigenvalue weighted by Crippen LogP contribution is 2.19. The zero-order valence-corrected chi connectivity index (χ0v) is 17.2. The number of hydrogen-bond acceptors (Lipinski definition) is 5. The van der Waals surface area contributed by atoms with E-state index in [4.69, 9.17) is 8.83 Å². The van der Waals surface area contributed by atoms with Crippen LogP contribution in [0.5, 0.6) is 0 Å².